The summed E-state index contributed by atoms with van der Waals surface area (Å²) in [5.41, 5.74) is 7.13. The zero-order chi connectivity index (χ0) is 14.5. The number of nitrogens with zero attached hydrogens (tertiary/aromatic N) is 1. The third kappa shape index (κ3) is 3.27. The molecular formula is C14H14BrN3O2. The van der Waals surface area contributed by atoms with Gasteiger partial charge in [-0.2, -0.15) is 0 Å². The maximum Gasteiger partial charge on any atom is 0.257 e. The molecule has 0 fully saturated rings. The molecule has 1 aromatic heterocycles. The van der Waals surface area contributed by atoms with Crippen LogP contribution in [0.4, 0.5) is 11.4 Å². The Labute approximate surface area is 125 Å². The number of carbonyl (C=O) groups is 1. The number of ether oxygens (including phenoxy) is 1. The molecule has 0 bridgehead atoms. The lowest BCUT2D eigenvalue weighted by Gasteiger charge is -2.11. The number of aromatic nitrogens is 1. The number of hydrogen-bond acceptors (Lipinski definition) is 4. The third-order valence-electron chi connectivity index (χ3n) is 2.56. The minimum Gasteiger partial charge on any atom is -0.476 e. The molecule has 1 amide bonds. The van der Waals surface area contributed by atoms with Crippen molar-refractivity contribution >= 4 is 33.2 Å². The first-order valence-electron chi connectivity index (χ1n) is 6.06. The number of carbonyl (C=O) groups excluding carboxylic acids is 1. The predicted molar refractivity (Wildman–Crippen MR) is 81.9 cm³/mol. The van der Waals surface area contributed by atoms with Crippen LogP contribution in [0.1, 0.15) is 17.3 Å². The van der Waals surface area contributed by atoms with Crippen molar-refractivity contribution in [1.82, 2.24) is 4.98 Å². The second-order valence-corrected chi connectivity index (χ2v) is 4.89. The van der Waals surface area contributed by atoms with Crippen LogP contribution >= 0.6 is 15.9 Å². The summed E-state index contributed by atoms with van der Waals surface area (Å²) in [5, 5.41) is 2.75. The van der Waals surface area contributed by atoms with Crippen LogP contribution in [0.25, 0.3) is 0 Å². The van der Waals surface area contributed by atoms with Crippen LogP contribution in [-0.4, -0.2) is 17.5 Å². The quantitative estimate of drug-likeness (QED) is 0.841. The fourth-order valence-corrected chi connectivity index (χ4v) is 2.01. The Morgan fingerprint density at radius 2 is 2.25 bits per heavy atom. The van der Waals surface area contributed by atoms with Crippen LogP contribution < -0.4 is 15.8 Å². The van der Waals surface area contributed by atoms with Gasteiger partial charge in [-0.1, -0.05) is 15.9 Å². The minimum absolute atomic E-state index is 0.308. The highest BCUT2D eigenvalue weighted by Gasteiger charge is 2.13. The highest BCUT2D eigenvalue weighted by atomic mass is 79.9. The van der Waals surface area contributed by atoms with Gasteiger partial charge in [-0.25, -0.2) is 4.98 Å². The SMILES string of the molecule is CCOc1ncccc1NC(=O)c1cc(Br)ccc1N. The maximum atomic E-state index is 12.2. The number of nitrogens with two attached hydrogens (primary N) is 1. The molecule has 2 rings (SSSR count). The molecule has 5 nitrogen and oxygen atoms in total. The molecule has 0 saturated heterocycles. The normalized spacial score (nSPS) is 10.1. The summed E-state index contributed by atoms with van der Waals surface area (Å²) in [6.07, 6.45) is 1.61. The number of rotatable bonds is 4. The first kappa shape index (κ1) is 14.3. The number of hydrogen-bond donors (Lipinski definition) is 2. The zero-order valence-corrected chi connectivity index (χ0v) is 12.5. The molecule has 0 radical (unpaired) electrons. The molecule has 0 atom stereocenters. The molecule has 3 N–H and O–H groups in total. The molecule has 0 spiro atoms. The molecule has 104 valence electrons. The Balaban J connectivity index is 2.26. The summed E-state index contributed by atoms with van der Waals surface area (Å²) in [5.74, 6) is 0.0784. The largest absolute Gasteiger partial charge is 0.476 e. The Kier molecular flexibility index (Phi) is 4.57. The predicted octanol–water partition coefficient (Wildman–Crippen LogP) is 3.08. The summed E-state index contributed by atoms with van der Waals surface area (Å²) in [7, 11) is 0. The monoisotopic (exact) mass is 335 g/mol. The average Bonchev–Trinajstić information content (AvgIpc) is 2.44. The van der Waals surface area contributed by atoms with E-state index in [2.05, 4.69) is 26.2 Å². The number of pyridine rings is 1. The van der Waals surface area contributed by atoms with Crippen LogP contribution in [0, 0.1) is 0 Å². The van der Waals surface area contributed by atoms with Crippen molar-refractivity contribution in [2.45, 2.75) is 6.92 Å². The lowest BCUT2D eigenvalue weighted by atomic mass is 10.1. The van der Waals surface area contributed by atoms with E-state index in [4.69, 9.17) is 10.5 Å². The molecule has 2 aromatic rings. The van der Waals surface area contributed by atoms with E-state index in [9.17, 15) is 4.79 Å². The van der Waals surface area contributed by atoms with Gasteiger partial charge in [0, 0.05) is 16.4 Å². The zero-order valence-electron chi connectivity index (χ0n) is 10.9. The minimum atomic E-state index is -0.308. The molecule has 0 unspecified atom stereocenters. The van der Waals surface area contributed by atoms with Gasteiger partial charge in [-0.3, -0.25) is 4.79 Å². The smallest absolute Gasteiger partial charge is 0.257 e. The van der Waals surface area contributed by atoms with Crippen molar-refractivity contribution in [2.75, 3.05) is 17.7 Å². The molecule has 0 aliphatic heterocycles. The van der Waals surface area contributed by atoms with Gasteiger partial charge in [0.15, 0.2) is 0 Å². The van der Waals surface area contributed by atoms with E-state index in [1.807, 2.05) is 6.92 Å². The number of nitrogens with one attached hydrogen (secondary N) is 1. The highest BCUT2D eigenvalue weighted by molar-refractivity contribution is 9.10. The van der Waals surface area contributed by atoms with E-state index in [-0.39, 0.29) is 5.91 Å². The molecular weight excluding hydrogens is 322 g/mol. The number of nitrogen functional groups attached to an aromatic ring is 1. The standard InChI is InChI=1S/C14H14BrN3O2/c1-2-20-14-12(4-3-7-17-14)18-13(19)10-8-9(15)5-6-11(10)16/h3-8H,2,16H2,1H3,(H,18,19). The number of benzene rings is 1. The van der Waals surface area contributed by atoms with Gasteiger partial charge < -0.3 is 15.8 Å². The van der Waals surface area contributed by atoms with E-state index >= 15 is 0 Å². The molecule has 0 aliphatic carbocycles. The number of anilines is 2. The van der Waals surface area contributed by atoms with E-state index in [0.717, 1.165) is 4.47 Å². The van der Waals surface area contributed by atoms with E-state index in [1.165, 1.54) is 0 Å². The van der Waals surface area contributed by atoms with Crippen molar-refractivity contribution in [3.63, 3.8) is 0 Å². The molecule has 6 heteroatoms. The maximum absolute atomic E-state index is 12.2. The number of halogens is 1. The molecule has 20 heavy (non-hydrogen) atoms. The molecule has 1 heterocycles. The van der Waals surface area contributed by atoms with E-state index < -0.39 is 0 Å². The lowest BCUT2D eigenvalue weighted by molar-refractivity contribution is 0.102. The van der Waals surface area contributed by atoms with Gasteiger partial charge >= 0.3 is 0 Å². The van der Waals surface area contributed by atoms with Gasteiger partial charge in [0.1, 0.15) is 5.69 Å². The molecule has 0 saturated carbocycles. The first-order chi connectivity index (χ1) is 9.61. The summed E-state index contributed by atoms with van der Waals surface area (Å²) in [6, 6.07) is 8.57. The summed E-state index contributed by atoms with van der Waals surface area (Å²) in [6.45, 7) is 2.32. The third-order valence-corrected chi connectivity index (χ3v) is 3.05. The van der Waals surface area contributed by atoms with Crippen LogP contribution in [0.2, 0.25) is 0 Å². The van der Waals surface area contributed by atoms with Crippen molar-refractivity contribution < 1.29 is 9.53 Å². The lowest BCUT2D eigenvalue weighted by Crippen LogP contribution is -2.15. The highest BCUT2D eigenvalue weighted by Crippen LogP contribution is 2.24. The first-order valence-corrected chi connectivity index (χ1v) is 6.85. The summed E-state index contributed by atoms with van der Waals surface area (Å²) < 4.78 is 6.15. The second-order valence-electron chi connectivity index (χ2n) is 3.97. The topological polar surface area (TPSA) is 77.2 Å². The molecule has 0 aliphatic rings. The van der Waals surface area contributed by atoms with E-state index in [1.54, 1.807) is 36.5 Å². The van der Waals surface area contributed by atoms with Crippen LogP contribution in [0.15, 0.2) is 41.0 Å². The van der Waals surface area contributed by atoms with Gasteiger partial charge in [-0.15, -0.1) is 0 Å². The van der Waals surface area contributed by atoms with Crippen molar-refractivity contribution in [1.29, 1.82) is 0 Å². The fourth-order valence-electron chi connectivity index (χ4n) is 1.65. The Morgan fingerprint density at radius 1 is 1.45 bits per heavy atom. The summed E-state index contributed by atoms with van der Waals surface area (Å²) in [4.78, 5) is 16.3. The van der Waals surface area contributed by atoms with Crippen LogP contribution in [0.5, 0.6) is 5.88 Å². The second kappa shape index (κ2) is 6.38. The van der Waals surface area contributed by atoms with E-state index in [0.29, 0.717) is 29.4 Å². The molecule has 1 aromatic carbocycles. The van der Waals surface area contributed by atoms with Gasteiger partial charge in [0.25, 0.3) is 5.91 Å². The van der Waals surface area contributed by atoms with Gasteiger partial charge in [0.2, 0.25) is 5.88 Å². The van der Waals surface area contributed by atoms with Crippen molar-refractivity contribution in [3.8, 4) is 5.88 Å². The fraction of sp³-hybridized carbons (Fsp3) is 0.143. The number of amides is 1. The Hall–Kier alpha value is -2.08. The Morgan fingerprint density at radius 3 is 3.00 bits per heavy atom. The van der Waals surface area contributed by atoms with Crippen molar-refractivity contribution in [3.05, 3.63) is 46.6 Å². The summed E-state index contributed by atoms with van der Waals surface area (Å²) >= 11 is 3.32. The van der Waals surface area contributed by atoms with Gasteiger partial charge in [0.05, 0.1) is 12.2 Å². The van der Waals surface area contributed by atoms with Crippen LogP contribution in [0.3, 0.4) is 0 Å². The van der Waals surface area contributed by atoms with Crippen LogP contribution in [-0.2, 0) is 0 Å². The Bertz CT molecular complexity index is 632. The van der Waals surface area contributed by atoms with Crippen molar-refractivity contribution in [2.24, 2.45) is 0 Å². The average molecular weight is 336 g/mol. The van der Waals surface area contributed by atoms with Gasteiger partial charge in [-0.05, 0) is 37.3 Å².